The number of carbonyl (C=O) groups excluding carboxylic acids is 1. The molecule has 0 saturated heterocycles. The zero-order valence-corrected chi connectivity index (χ0v) is 12.0. The number of carbonyl (C=O) groups is 1. The second kappa shape index (κ2) is 5.05. The number of benzene rings is 1. The number of nitrogens with one attached hydrogen (secondary N) is 1. The second-order valence-corrected chi connectivity index (χ2v) is 5.67. The summed E-state index contributed by atoms with van der Waals surface area (Å²) in [5.41, 5.74) is 2.33. The molecule has 0 atom stereocenters. The lowest BCUT2D eigenvalue weighted by atomic mass is 10.3. The maximum Gasteiger partial charge on any atom is 0.357 e. The smallest absolute Gasteiger partial charge is 0.357 e. The van der Waals surface area contributed by atoms with E-state index in [9.17, 15) is 4.79 Å². The maximum atomic E-state index is 11.5. The Kier molecular flexibility index (Phi) is 3.23. The molecule has 3 aromatic rings. The lowest BCUT2D eigenvalue weighted by molar-refractivity contribution is 0.0594. The largest absolute Gasteiger partial charge is 0.464 e. The number of esters is 1. The van der Waals surface area contributed by atoms with Gasteiger partial charge in [-0.05, 0) is 19.1 Å². The van der Waals surface area contributed by atoms with Crippen LogP contribution in [0.3, 0.4) is 0 Å². The van der Waals surface area contributed by atoms with Crippen LogP contribution in [0.1, 0.15) is 26.2 Å². The first-order chi connectivity index (χ1) is 9.67. The Labute approximate surface area is 119 Å². The van der Waals surface area contributed by atoms with Crippen LogP contribution >= 0.6 is 11.3 Å². The first-order valence-corrected chi connectivity index (χ1v) is 6.97. The predicted molar refractivity (Wildman–Crippen MR) is 77.1 cm³/mol. The number of aryl methyl sites for hydroxylation is 1. The summed E-state index contributed by atoms with van der Waals surface area (Å²) in [6.07, 6.45) is 0.581. The van der Waals surface area contributed by atoms with Gasteiger partial charge < -0.3 is 9.72 Å². The molecule has 3 rings (SSSR count). The lowest BCUT2D eigenvalue weighted by Gasteiger charge is -1.93. The topological polar surface area (TPSA) is 67.9 Å². The first-order valence-electron chi connectivity index (χ1n) is 6.15. The molecular formula is C14H13N3O2S. The number of rotatable bonds is 3. The standard InChI is InChI=1S/C14H13N3O2S/c1-8-13(14(18)19-2)17-12(20-8)7-11-15-9-5-3-4-6-10(9)16-11/h3-6H,7H2,1-2H3,(H,15,16). The molecule has 0 aliphatic carbocycles. The molecule has 102 valence electrons. The number of para-hydroxylation sites is 2. The summed E-state index contributed by atoms with van der Waals surface area (Å²) in [5.74, 6) is 0.450. The summed E-state index contributed by atoms with van der Waals surface area (Å²) in [6, 6.07) is 7.87. The van der Waals surface area contributed by atoms with Crippen molar-refractivity contribution in [1.82, 2.24) is 15.0 Å². The van der Waals surface area contributed by atoms with Gasteiger partial charge in [0.2, 0.25) is 0 Å². The van der Waals surface area contributed by atoms with E-state index in [2.05, 4.69) is 15.0 Å². The molecular weight excluding hydrogens is 274 g/mol. The highest BCUT2D eigenvalue weighted by molar-refractivity contribution is 7.11. The lowest BCUT2D eigenvalue weighted by Crippen LogP contribution is -2.03. The summed E-state index contributed by atoms with van der Waals surface area (Å²) in [7, 11) is 1.36. The molecule has 0 amide bonds. The van der Waals surface area contributed by atoms with E-state index in [1.807, 2.05) is 31.2 Å². The van der Waals surface area contributed by atoms with E-state index in [0.717, 1.165) is 26.7 Å². The van der Waals surface area contributed by atoms with Gasteiger partial charge >= 0.3 is 5.97 Å². The van der Waals surface area contributed by atoms with Crippen LogP contribution in [-0.4, -0.2) is 28.0 Å². The highest BCUT2D eigenvalue weighted by atomic mass is 32.1. The summed E-state index contributed by atoms with van der Waals surface area (Å²) in [5, 5.41) is 0.849. The molecule has 6 heteroatoms. The fourth-order valence-electron chi connectivity index (χ4n) is 2.05. The summed E-state index contributed by atoms with van der Waals surface area (Å²) >= 11 is 1.49. The van der Waals surface area contributed by atoms with Crippen molar-refractivity contribution in [2.24, 2.45) is 0 Å². The molecule has 5 nitrogen and oxygen atoms in total. The second-order valence-electron chi connectivity index (χ2n) is 4.38. The van der Waals surface area contributed by atoms with Gasteiger partial charge in [-0.3, -0.25) is 0 Å². The first kappa shape index (κ1) is 12.8. The molecule has 0 aliphatic rings. The number of ether oxygens (including phenoxy) is 1. The van der Waals surface area contributed by atoms with Gasteiger partial charge in [0.25, 0.3) is 0 Å². The molecule has 0 unspecified atom stereocenters. The predicted octanol–water partition coefficient (Wildman–Crippen LogP) is 2.71. The number of imidazole rings is 1. The zero-order valence-electron chi connectivity index (χ0n) is 11.1. The van der Waals surface area contributed by atoms with E-state index in [0.29, 0.717) is 12.1 Å². The Morgan fingerprint density at radius 1 is 1.35 bits per heavy atom. The van der Waals surface area contributed by atoms with Crippen LogP contribution in [0.5, 0.6) is 0 Å². The van der Waals surface area contributed by atoms with Gasteiger partial charge in [-0.2, -0.15) is 0 Å². The van der Waals surface area contributed by atoms with Crippen LogP contribution < -0.4 is 0 Å². The van der Waals surface area contributed by atoms with Crippen LogP contribution in [0.15, 0.2) is 24.3 Å². The Morgan fingerprint density at radius 2 is 2.15 bits per heavy atom. The Hall–Kier alpha value is -2.21. The molecule has 0 aliphatic heterocycles. The van der Waals surface area contributed by atoms with Gasteiger partial charge in [0.15, 0.2) is 5.69 Å². The third-order valence-corrected chi connectivity index (χ3v) is 3.95. The summed E-state index contributed by atoms with van der Waals surface area (Å²) in [4.78, 5) is 24.5. The average molecular weight is 287 g/mol. The van der Waals surface area contributed by atoms with Crippen molar-refractivity contribution < 1.29 is 9.53 Å². The molecule has 0 saturated carbocycles. The normalized spacial score (nSPS) is 10.9. The van der Waals surface area contributed by atoms with E-state index < -0.39 is 5.97 Å². The van der Waals surface area contributed by atoms with Crippen LogP contribution in [0.25, 0.3) is 11.0 Å². The van der Waals surface area contributed by atoms with Crippen molar-refractivity contribution in [3.05, 3.63) is 45.7 Å². The molecule has 2 heterocycles. The number of hydrogen-bond acceptors (Lipinski definition) is 5. The molecule has 2 aromatic heterocycles. The molecule has 20 heavy (non-hydrogen) atoms. The number of H-pyrrole nitrogens is 1. The van der Waals surface area contributed by atoms with Gasteiger partial charge in [0, 0.05) is 4.88 Å². The number of thiazole rings is 1. The zero-order chi connectivity index (χ0) is 14.1. The van der Waals surface area contributed by atoms with E-state index >= 15 is 0 Å². The van der Waals surface area contributed by atoms with Crippen LogP contribution in [-0.2, 0) is 11.2 Å². The minimum atomic E-state index is -0.394. The fourth-order valence-corrected chi connectivity index (χ4v) is 2.97. The number of nitrogens with zero attached hydrogens (tertiary/aromatic N) is 2. The molecule has 0 radical (unpaired) electrons. The third-order valence-electron chi connectivity index (χ3n) is 2.98. The summed E-state index contributed by atoms with van der Waals surface area (Å²) < 4.78 is 4.71. The van der Waals surface area contributed by atoms with Crippen molar-refractivity contribution in [3.8, 4) is 0 Å². The van der Waals surface area contributed by atoms with Gasteiger partial charge in [-0.15, -0.1) is 11.3 Å². The van der Waals surface area contributed by atoms with Crippen molar-refractivity contribution in [2.45, 2.75) is 13.3 Å². The van der Waals surface area contributed by atoms with Crippen molar-refractivity contribution in [1.29, 1.82) is 0 Å². The highest BCUT2D eigenvalue weighted by Gasteiger charge is 2.16. The van der Waals surface area contributed by atoms with E-state index in [1.54, 1.807) is 0 Å². The van der Waals surface area contributed by atoms with Crippen LogP contribution in [0.2, 0.25) is 0 Å². The van der Waals surface area contributed by atoms with E-state index in [1.165, 1.54) is 18.4 Å². The van der Waals surface area contributed by atoms with Gasteiger partial charge in [-0.25, -0.2) is 14.8 Å². The maximum absolute atomic E-state index is 11.5. The Balaban J connectivity index is 1.89. The van der Waals surface area contributed by atoms with Gasteiger partial charge in [0.05, 0.1) is 24.6 Å². The van der Waals surface area contributed by atoms with Crippen LogP contribution in [0, 0.1) is 6.92 Å². The van der Waals surface area contributed by atoms with Crippen molar-refractivity contribution in [2.75, 3.05) is 7.11 Å². The Morgan fingerprint density at radius 3 is 2.90 bits per heavy atom. The number of methoxy groups -OCH3 is 1. The minimum absolute atomic E-state index is 0.392. The molecule has 0 fully saturated rings. The highest BCUT2D eigenvalue weighted by Crippen LogP contribution is 2.21. The summed E-state index contributed by atoms with van der Waals surface area (Å²) in [6.45, 7) is 1.87. The number of aromatic nitrogens is 3. The molecule has 0 spiro atoms. The van der Waals surface area contributed by atoms with Gasteiger partial charge in [0.1, 0.15) is 10.8 Å². The molecule has 0 bridgehead atoms. The number of hydrogen-bond donors (Lipinski definition) is 1. The van der Waals surface area contributed by atoms with Gasteiger partial charge in [-0.1, -0.05) is 12.1 Å². The molecule has 1 N–H and O–H groups in total. The fraction of sp³-hybridized carbons (Fsp3) is 0.214. The number of aromatic amines is 1. The minimum Gasteiger partial charge on any atom is -0.464 e. The third kappa shape index (κ3) is 2.30. The van der Waals surface area contributed by atoms with E-state index in [4.69, 9.17) is 4.74 Å². The quantitative estimate of drug-likeness (QED) is 0.752. The average Bonchev–Trinajstić information content (AvgIpc) is 3.01. The van der Waals surface area contributed by atoms with E-state index in [-0.39, 0.29) is 0 Å². The SMILES string of the molecule is COC(=O)c1nc(Cc2nc3ccccc3[nH]2)sc1C. The monoisotopic (exact) mass is 287 g/mol. The Bertz CT molecular complexity index is 743. The number of fused-ring (bicyclic) bond motifs is 1. The van der Waals surface area contributed by atoms with Crippen LogP contribution in [0.4, 0.5) is 0 Å². The molecule has 1 aromatic carbocycles. The van der Waals surface area contributed by atoms with Crippen molar-refractivity contribution in [3.63, 3.8) is 0 Å². The van der Waals surface area contributed by atoms with Crippen molar-refractivity contribution >= 4 is 28.3 Å².